The summed E-state index contributed by atoms with van der Waals surface area (Å²) in [6, 6.07) is 4.60. The van der Waals surface area contributed by atoms with Crippen LogP contribution in [-0.4, -0.2) is 75.6 Å². The molecule has 0 bridgehead atoms. The SMILES string of the molecule is CC1=CCC2N=C(C)C(c3cc4nc(N5CCCC5CO)cc(NC5CCOCC5)n4n3)=NC2=C1. The quantitative estimate of drug-likeness (QED) is 0.689. The van der Waals surface area contributed by atoms with Gasteiger partial charge >= 0.3 is 0 Å². The molecule has 2 atom stereocenters. The van der Waals surface area contributed by atoms with E-state index in [1.165, 1.54) is 5.57 Å². The van der Waals surface area contributed by atoms with E-state index in [4.69, 9.17) is 24.8 Å². The maximum absolute atomic E-state index is 9.90. The van der Waals surface area contributed by atoms with Crippen LogP contribution in [0.5, 0.6) is 0 Å². The fourth-order valence-corrected chi connectivity index (χ4v) is 5.48. The zero-order valence-electron chi connectivity index (χ0n) is 20.4. The van der Waals surface area contributed by atoms with Gasteiger partial charge in [0.1, 0.15) is 23.0 Å². The molecule has 0 aromatic carbocycles. The van der Waals surface area contributed by atoms with Crippen molar-refractivity contribution in [3.63, 3.8) is 0 Å². The second-order valence-electron chi connectivity index (χ2n) is 9.95. The Morgan fingerprint density at radius 1 is 1.17 bits per heavy atom. The second kappa shape index (κ2) is 9.20. The highest BCUT2D eigenvalue weighted by molar-refractivity contribution is 6.48. The average Bonchev–Trinajstić information content (AvgIpc) is 3.51. The van der Waals surface area contributed by atoms with E-state index in [-0.39, 0.29) is 18.7 Å². The van der Waals surface area contributed by atoms with Crippen LogP contribution in [0.1, 0.15) is 51.6 Å². The van der Waals surface area contributed by atoms with Crippen molar-refractivity contribution in [1.29, 1.82) is 0 Å². The zero-order chi connectivity index (χ0) is 23.9. The molecule has 9 nitrogen and oxygen atoms in total. The van der Waals surface area contributed by atoms with Gasteiger partial charge in [-0.3, -0.25) is 4.99 Å². The van der Waals surface area contributed by atoms with Crippen molar-refractivity contribution >= 4 is 28.7 Å². The van der Waals surface area contributed by atoms with Crippen LogP contribution < -0.4 is 10.2 Å². The monoisotopic (exact) mass is 475 g/mol. The summed E-state index contributed by atoms with van der Waals surface area (Å²) in [6.45, 7) is 6.67. The van der Waals surface area contributed by atoms with Gasteiger partial charge < -0.3 is 20.1 Å². The Kier molecular flexibility index (Phi) is 5.89. The number of aliphatic hydroxyl groups excluding tert-OH is 1. The fraction of sp³-hybridized carbons (Fsp3) is 0.538. The number of hydrogen-bond acceptors (Lipinski definition) is 8. The summed E-state index contributed by atoms with van der Waals surface area (Å²) < 4.78 is 7.45. The lowest BCUT2D eigenvalue weighted by molar-refractivity contribution is 0.0903. The van der Waals surface area contributed by atoms with E-state index in [9.17, 15) is 5.11 Å². The minimum absolute atomic E-state index is 0.0977. The van der Waals surface area contributed by atoms with E-state index < -0.39 is 0 Å². The van der Waals surface area contributed by atoms with Crippen molar-refractivity contribution in [1.82, 2.24) is 14.6 Å². The molecule has 0 amide bonds. The third-order valence-electron chi connectivity index (χ3n) is 7.42. The molecule has 2 N–H and O–H groups in total. The van der Waals surface area contributed by atoms with Gasteiger partial charge in [0, 0.05) is 37.9 Å². The van der Waals surface area contributed by atoms with Crippen LogP contribution in [0, 0.1) is 0 Å². The van der Waals surface area contributed by atoms with Gasteiger partial charge in [-0.25, -0.2) is 9.98 Å². The Morgan fingerprint density at radius 2 is 2.03 bits per heavy atom. The maximum atomic E-state index is 9.90. The molecular formula is C26H33N7O2. The van der Waals surface area contributed by atoms with E-state index in [2.05, 4.69) is 35.4 Å². The van der Waals surface area contributed by atoms with Crippen LogP contribution in [-0.2, 0) is 4.74 Å². The standard InChI is InChI=1S/C26H33N7O2/c1-16-5-6-20-21(12-16)29-26(17(2)27-20)22-13-24-30-23(32-9-3-4-19(32)15-34)14-25(33(24)31-22)28-18-7-10-35-11-8-18/h5,12-14,18-20,28,34H,3-4,6-11,15H2,1-2H3. The first kappa shape index (κ1) is 22.4. The van der Waals surface area contributed by atoms with Crippen molar-refractivity contribution in [3.05, 3.63) is 41.2 Å². The number of nitrogens with one attached hydrogen (secondary N) is 1. The molecule has 2 aromatic rings. The van der Waals surface area contributed by atoms with Gasteiger partial charge in [0.2, 0.25) is 0 Å². The molecule has 2 fully saturated rings. The highest BCUT2D eigenvalue weighted by atomic mass is 16.5. The fourth-order valence-electron chi connectivity index (χ4n) is 5.48. The molecule has 0 spiro atoms. The molecule has 2 saturated heterocycles. The van der Waals surface area contributed by atoms with Gasteiger partial charge in [-0.1, -0.05) is 11.6 Å². The third-order valence-corrected chi connectivity index (χ3v) is 7.42. The van der Waals surface area contributed by atoms with E-state index in [1.54, 1.807) is 0 Å². The minimum Gasteiger partial charge on any atom is -0.394 e. The Hall–Kier alpha value is -3.04. The van der Waals surface area contributed by atoms with Crippen LogP contribution in [0.15, 0.2) is 45.5 Å². The van der Waals surface area contributed by atoms with E-state index in [1.807, 2.05) is 17.5 Å². The Balaban J connectivity index is 1.42. The molecule has 4 aliphatic rings. The highest BCUT2D eigenvalue weighted by Gasteiger charge is 2.28. The molecule has 2 aromatic heterocycles. The Bertz CT molecular complexity index is 1250. The van der Waals surface area contributed by atoms with Crippen molar-refractivity contribution in [2.45, 2.75) is 64.1 Å². The smallest absolute Gasteiger partial charge is 0.160 e. The van der Waals surface area contributed by atoms with Gasteiger partial charge in [-0.2, -0.15) is 9.61 Å². The van der Waals surface area contributed by atoms with Gasteiger partial charge in [0.25, 0.3) is 0 Å². The zero-order valence-corrected chi connectivity index (χ0v) is 20.4. The first-order chi connectivity index (χ1) is 17.1. The summed E-state index contributed by atoms with van der Waals surface area (Å²) in [5, 5.41) is 18.6. The van der Waals surface area contributed by atoms with E-state index in [0.717, 1.165) is 92.0 Å². The van der Waals surface area contributed by atoms with Crippen LogP contribution >= 0.6 is 0 Å². The van der Waals surface area contributed by atoms with Gasteiger partial charge in [0.15, 0.2) is 5.65 Å². The Labute approximate surface area is 205 Å². The number of anilines is 2. The lowest BCUT2D eigenvalue weighted by Crippen LogP contribution is -2.33. The maximum Gasteiger partial charge on any atom is 0.160 e. The number of rotatable bonds is 5. The van der Waals surface area contributed by atoms with Crippen molar-refractivity contribution in [2.24, 2.45) is 9.98 Å². The molecular weight excluding hydrogens is 442 g/mol. The molecule has 9 heteroatoms. The van der Waals surface area contributed by atoms with Crippen molar-refractivity contribution in [2.75, 3.05) is 36.6 Å². The largest absolute Gasteiger partial charge is 0.394 e. The molecule has 0 radical (unpaired) electrons. The summed E-state index contributed by atoms with van der Waals surface area (Å²) in [7, 11) is 0. The highest BCUT2D eigenvalue weighted by Crippen LogP contribution is 2.30. The number of aromatic nitrogens is 3. The number of aliphatic imine (C=N–C) groups is 2. The third kappa shape index (κ3) is 4.27. The van der Waals surface area contributed by atoms with Gasteiger partial charge in [-0.15, -0.1) is 0 Å². The normalized spacial score (nSPS) is 25.2. The molecule has 6 rings (SSSR count). The number of fused-ring (bicyclic) bond motifs is 2. The number of ether oxygens (including phenoxy) is 1. The summed E-state index contributed by atoms with van der Waals surface area (Å²) in [5.74, 6) is 1.79. The van der Waals surface area contributed by atoms with Crippen LogP contribution in [0.25, 0.3) is 5.65 Å². The Morgan fingerprint density at radius 3 is 2.86 bits per heavy atom. The minimum atomic E-state index is 0.0977. The van der Waals surface area contributed by atoms with Gasteiger partial charge in [0.05, 0.1) is 30.1 Å². The van der Waals surface area contributed by atoms with Crippen molar-refractivity contribution in [3.8, 4) is 0 Å². The van der Waals surface area contributed by atoms with Crippen LogP contribution in [0.4, 0.5) is 11.6 Å². The molecule has 0 saturated carbocycles. The number of hydrogen-bond donors (Lipinski definition) is 2. The predicted octanol–water partition coefficient (Wildman–Crippen LogP) is 3.15. The number of aliphatic hydroxyl groups is 1. The topological polar surface area (TPSA) is 99.6 Å². The summed E-state index contributed by atoms with van der Waals surface area (Å²) in [4.78, 5) is 17.1. The summed E-state index contributed by atoms with van der Waals surface area (Å²) in [5.41, 5.74) is 5.48. The van der Waals surface area contributed by atoms with E-state index in [0.29, 0.717) is 6.04 Å². The first-order valence-corrected chi connectivity index (χ1v) is 12.7. The number of nitrogens with zero attached hydrogens (tertiary/aromatic N) is 6. The molecule has 35 heavy (non-hydrogen) atoms. The molecule has 3 aliphatic heterocycles. The van der Waals surface area contributed by atoms with Gasteiger partial charge in [-0.05, 0) is 52.0 Å². The average molecular weight is 476 g/mol. The van der Waals surface area contributed by atoms with Crippen molar-refractivity contribution < 1.29 is 9.84 Å². The first-order valence-electron chi connectivity index (χ1n) is 12.7. The lowest BCUT2D eigenvalue weighted by Gasteiger charge is -2.27. The van der Waals surface area contributed by atoms with Crippen LogP contribution in [0.3, 0.4) is 0 Å². The molecule has 5 heterocycles. The molecule has 184 valence electrons. The summed E-state index contributed by atoms with van der Waals surface area (Å²) >= 11 is 0. The predicted molar refractivity (Wildman–Crippen MR) is 138 cm³/mol. The number of allylic oxidation sites excluding steroid dienone is 2. The molecule has 1 aliphatic carbocycles. The lowest BCUT2D eigenvalue weighted by atomic mass is 9.98. The second-order valence-corrected chi connectivity index (χ2v) is 9.95. The molecule has 2 unspecified atom stereocenters. The van der Waals surface area contributed by atoms with Crippen LogP contribution in [0.2, 0.25) is 0 Å². The van der Waals surface area contributed by atoms with E-state index >= 15 is 0 Å². The summed E-state index contributed by atoms with van der Waals surface area (Å²) in [6.07, 6.45) is 9.18.